The number of ether oxygens (including phenoxy) is 1. The van der Waals surface area contributed by atoms with Crippen molar-refractivity contribution in [1.29, 1.82) is 0 Å². The highest BCUT2D eigenvalue weighted by Gasteiger charge is 2.18. The maximum Gasteiger partial charge on any atom is 0.270 e. The fourth-order valence-electron chi connectivity index (χ4n) is 2.42. The van der Waals surface area contributed by atoms with Crippen LogP contribution in [0.3, 0.4) is 0 Å². The van der Waals surface area contributed by atoms with E-state index < -0.39 is 4.92 Å². The number of benzene rings is 2. The van der Waals surface area contributed by atoms with Gasteiger partial charge in [0.25, 0.3) is 11.6 Å². The maximum atomic E-state index is 12.5. The van der Waals surface area contributed by atoms with Crippen molar-refractivity contribution in [3.05, 3.63) is 70.1 Å². The number of methoxy groups -OCH3 is 1. The van der Waals surface area contributed by atoms with Crippen molar-refractivity contribution in [1.82, 2.24) is 15.0 Å². The van der Waals surface area contributed by atoms with Crippen molar-refractivity contribution < 1.29 is 19.0 Å². The second-order valence-electron chi connectivity index (χ2n) is 5.71. The van der Waals surface area contributed by atoms with E-state index in [4.69, 9.17) is 9.26 Å². The van der Waals surface area contributed by atoms with Crippen molar-refractivity contribution >= 4 is 11.6 Å². The first-order chi connectivity index (χ1) is 13.0. The average molecular weight is 368 g/mol. The summed E-state index contributed by atoms with van der Waals surface area (Å²) in [5, 5.41) is 14.8. The molecule has 9 nitrogen and oxygen atoms in total. The minimum absolute atomic E-state index is 0.0741. The lowest BCUT2D eigenvalue weighted by Gasteiger charge is -2.14. The highest BCUT2D eigenvalue weighted by molar-refractivity contribution is 5.94. The van der Waals surface area contributed by atoms with Crippen LogP contribution >= 0.6 is 0 Å². The van der Waals surface area contributed by atoms with E-state index in [1.165, 1.54) is 29.2 Å². The van der Waals surface area contributed by atoms with E-state index >= 15 is 0 Å². The third kappa shape index (κ3) is 4.09. The second kappa shape index (κ2) is 7.65. The largest absolute Gasteiger partial charge is 0.497 e. The van der Waals surface area contributed by atoms with Crippen LogP contribution in [0.15, 0.2) is 53.1 Å². The van der Waals surface area contributed by atoms with E-state index in [2.05, 4.69) is 10.1 Å². The number of amides is 1. The van der Waals surface area contributed by atoms with Gasteiger partial charge in [-0.25, -0.2) is 0 Å². The van der Waals surface area contributed by atoms with Gasteiger partial charge in [0.15, 0.2) is 0 Å². The minimum atomic E-state index is -0.546. The molecule has 3 aromatic rings. The number of non-ortho nitro benzene ring substituents is 1. The van der Waals surface area contributed by atoms with Crippen LogP contribution in [0.1, 0.15) is 16.2 Å². The lowest BCUT2D eigenvalue weighted by molar-refractivity contribution is -0.384. The van der Waals surface area contributed by atoms with Gasteiger partial charge in [-0.15, -0.1) is 0 Å². The Balaban J connectivity index is 1.71. The van der Waals surface area contributed by atoms with Crippen molar-refractivity contribution in [3.8, 4) is 17.1 Å². The average Bonchev–Trinajstić information content (AvgIpc) is 3.16. The molecule has 0 aliphatic heterocycles. The Hall–Kier alpha value is -3.75. The summed E-state index contributed by atoms with van der Waals surface area (Å²) in [4.78, 5) is 28.4. The van der Waals surface area contributed by atoms with Crippen LogP contribution in [-0.4, -0.2) is 40.0 Å². The molecule has 0 saturated carbocycles. The summed E-state index contributed by atoms with van der Waals surface area (Å²) >= 11 is 0. The molecule has 0 radical (unpaired) electrons. The number of hydrogen-bond donors (Lipinski definition) is 0. The van der Waals surface area contributed by atoms with E-state index in [0.29, 0.717) is 11.6 Å². The highest BCUT2D eigenvalue weighted by atomic mass is 16.6. The van der Waals surface area contributed by atoms with Gasteiger partial charge in [-0.05, 0) is 30.3 Å². The molecule has 0 aliphatic carbocycles. The second-order valence-corrected chi connectivity index (χ2v) is 5.71. The molecule has 0 bridgehead atoms. The van der Waals surface area contributed by atoms with Gasteiger partial charge in [0.2, 0.25) is 11.7 Å². The van der Waals surface area contributed by atoms with Gasteiger partial charge in [-0.1, -0.05) is 11.2 Å². The molecule has 0 aliphatic rings. The van der Waals surface area contributed by atoms with Crippen LogP contribution < -0.4 is 4.74 Å². The fourth-order valence-corrected chi connectivity index (χ4v) is 2.42. The molecule has 0 spiro atoms. The lowest BCUT2D eigenvalue weighted by Crippen LogP contribution is -2.26. The number of aromatic nitrogens is 2. The molecule has 0 saturated heterocycles. The van der Waals surface area contributed by atoms with Gasteiger partial charge in [-0.2, -0.15) is 4.98 Å². The quantitative estimate of drug-likeness (QED) is 0.486. The first kappa shape index (κ1) is 18.1. The summed E-state index contributed by atoms with van der Waals surface area (Å²) in [6.07, 6.45) is 0. The number of carbonyl (C=O) groups excluding carboxylic acids is 1. The summed E-state index contributed by atoms with van der Waals surface area (Å²) in [6.45, 7) is 0.0741. The van der Waals surface area contributed by atoms with Crippen molar-refractivity contribution in [2.75, 3.05) is 14.2 Å². The smallest absolute Gasteiger partial charge is 0.270 e. The van der Waals surface area contributed by atoms with E-state index in [1.54, 1.807) is 38.4 Å². The molecule has 138 valence electrons. The molecular formula is C18H16N4O5. The number of carbonyl (C=O) groups is 1. The molecule has 1 heterocycles. The third-order valence-corrected chi connectivity index (χ3v) is 3.84. The number of nitro groups is 1. The topological polar surface area (TPSA) is 112 Å². The standard InChI is InChI=1S/C18H16N4O5/c1-21(18(23)13-4-3-5-14(10-13)22(24)25)11-16-19-17(20-27-16)12-6-8-15(26-2)9-7-12/h3-10H,11H2,1-2H3. The van der Waals surface area contributed by atoms with Crippen molar-refractivity contribution in [2.45, 2.75) is 6.54 Å². The highest BCUT2D eigenvalue weighted by Crippen LogP contribution is 2.20. The zero-order valence-corrected chi connectivity index (χ0v) is 14.7. The molecule has 1 amide bonds. The third-order valence-electron chi connectivity index (χ3n) is 3.84. The Bertz CT molecular complexity index is 968. The normalized spacial score (nSPS) is 10.4. The Labute approximate surface area is 154 Å². The van der Waals surface area contributed by atoms with E-state index in [0.717, 1.165) is 5.56 Å². The van der Waals surface area contributed by atoms with Crippen LogP contribution in [0.5, 0.6) is 5.75 Å². The molecule has 9 heteroatoms. The van der Waals surface area contributed by atoms with Gasteiger partial charge >= 0.3 is 0 Å². The summed E-state index contributed by atoms with van der Waals surface area (Å²) in [5.41, 5.74) is 0.814. The number of rotatable bonds is 6. The van der Waals surface area contributed by atoms with Gasteiger partial charge in [0, 0.05) is 30.3 Å². The molecular weight excluding hydrogens is 352 g/mol. The van der Waals surface area contributed by atoms with Gasteiger partial charge < -0.3 is 14.2 Å². The molecule has 2 aromatic carbocycles. The van der Waals surface area contributed by atoms with Crippen molar-refractivity contribution in [3.63, 3.8) is 0 Å². The fraction of sp³-hybridized carbons (Fsp3) is 0.167. The predicted molar refractivity (Wildman–Crippen MR) is 95.2 cm³/mol. The molecule has 3 rings (SSSR count). The van der Waals surface area contributed by atoms with Crippen LogP contribution in [-0.2, 0) is 6.54 Å². The van der Waals surface area contributed by atoms with Crippen molar-refractivity contribution in [2.24, 2.45) is 0 Å². The zero-order valence-electron chi connectivity index (χ0n) is 14.7. The van der Waals surface area contributed by atoms with E-state index in [9.17, 15) is 14.9 Å². The molecule has 0 fully saturated rings. The number of nitrogens with zero attached hydrogens (tertiary/aromatic N) is 4. The van der Waals surface area contributed by atoms with Crippen LogP contribution in [0.2, 0.25) is 0 Å². The summed E-state index contributed by atoms with van der Waals surface area (Å²) in [7, 11) is 3.13. The predicted octanol–water partition coefficient (Wildman–Crippen LogP) is 2.93. The summed E-state index contributed by atoms with van der Waals surface area (Å²) < 4.78 is 10.3. The SMILES string of the molecule is COc1ccc(-c2noc(CN(C)C(=O)c3cccc([N+](=O)[O-])c3)n2)cc1. The Morgan fingerprint density at radius 2 is 2.00 bits per heavy atom. The van der Waals surface area contributed by atoms with Crippen LogP contribution in [0, 0.1) is 10.1 Å². The van der Waals surface area contributed by atoms with Crippen LogP contribution in [0.25, 0.3) is 11.4 Å². The number of hydrogen-bond acceptors (Lipinski definition) is 7. The van der Waals surface area contributed by atoms with Gasteiger partial charge in [0.05, 0.1) is 18.6 Å². The van der Waals surface area contributed by atoms with E-state index in [1.807, 2.05) is 0 Å². The molecule has 1 aromatic heterocycles. The van der Waals surface area contributed by atoms with Gasteiger partial charge in [-0.3, -0.25) is 14.9 Å². The number of nitro benzene ring substituents is 1. The first-order valence-corrected chi connectivity index (χ1v) is 7.95. The van der Waals surface area contributed by atoms with E-state index in [-0.39, 0.29) is 29.6 Å². The Morgan fingerprint density at radius 3 is 2.67 bits per heavy atom. The Kier molecular flexibility index (Phi) is 5.11. The van der Waals surface area contributed by atoms with Gasteiger partial charge in [0.1, 0.15) is 5.75 Å². The maximum absolute atomic E-state index is 12.5. The molecule has 0 unspecified atom stereocenters. The monoisotopic (exact) mass is 368 g/mol. The lowest BCUT2D eigenvalue weighted by atomic mass is 10.2. The summed E-state index contributed by atoms with van der Waals surface area (Å²) in [6, 6.07) is 12.7. The molecule has 0 atom stereocenters. The Morgan fingerprint density at radius 1 is 1.26 bits per heavy atom. The molecule has 27 heavy (non-hydrogen) atoms. The molecule has 0 N–H and O–H groups in total. The van der Waals surface area contributed by atoms with Crippen LogP contribution in [0.4, 0.5) is 5.69 Å². The zero-order chi connectivity index (χ0) is 19.4. The first-order valence-electron chi connectivity index (χ1n) is 7.95. The summed E-state index contributed by atoms with van der Waals surface area (Å²) in [5.74, 6) is 0.971. The minimum Gasteiger partial charge on any atom is -0.497 e.